The Morgan fingerprint density at radius 1 is 1.46 bits per heavy atom. The second kappa shape index (κ2) is 3.76. The van der Waals surface area contributed by atoms with Crippen molar-refractivity contribution < 1.29 is 27.1 Å². The molecule has 0 aromatic carbocycles. The van der Waals surface area contributed by atoms with Crippen molar-refractivity contribution in [1.82, 2.24) is 0 Å². The second-order valence-corrected chi connectivity index (χ2v) is 2.31. The summed E-state index contributed by atoms with van der Waals surface area (Å²) in [7, 11) is 0. The summed E-state index contributed by atoms with van der Waals surface area (Å²) in [5.41, 5.74) is 0. The van der Waals surface area contributed by atoms with Crippen LogP contribution in [0.1, 0.15) is 6.92 Å². The number of halogens is 4. The molecule has 0 aliphatic rings. The molecule has 76 valence electrons. The van der Waals surface area contributed by atoms with Crippen molar-refractivity contribution in [3.63, 3.8) is 0 Å². The van der Waals surface area contributed by atoms with Crippen LogP contribution in [0.15, 0.2) is 12.7 Å². The Balaban J connectivity index is 4.38. The number of rotatable bonds is 4. The molecule has 0 N–H and O–H groups in total. The van der Waals surface area contributed by atoms with E-state index >= 15 is 0 Å². The van der Waals surface area contributed by atoms with Crippen molar-refractivity contribution in [2.24, 2.45) is 0 Å². The molecule has 0 rings (SSSR count). The van der Waals surface area contributed by atoms with Crippen molar-refractivity contribution in [2.45, 2.75) is 18.8 Å². The van der Waals surface area contributed by atoms with Gasteiger partial charge in [-0.05, 0) is 6.08 Å². The van der Waals surface area contributed by atoms with Gasteiger partial charge < -0.3 is 4.74 Å². The zero-order valence-electron chi connectivity index (χ0n) is 6.82. The van der Waals surface area contributed by atoms with E-state index in [1.165, 1.54) is 0 Å². The summed E-state index contributed by atoms with van der Waals surface area (Å²) in [5.74, 6) is -9.83. The highest BCUT2D eigenvalue weighted by atomic mass is 19.3. The Labute approximate surface area is 72.2 Å². The fourth-order valence-electron chi connectivity index (χ4n) is 0.438. The van der Waals surface area contributed by atoms with E-state index in [0.29, 0.717) is 0 Å². The maximum atomic E-state index is 12.5. The highest BCUT2D eigenvalue weighted by Crippen LogP contribution is 2.35. The van der Waals surface area contributed by atoms with Gasteiger partial charge in [-0.1, -0.05) is 6.58 Å². The third-order valence-corrected chi connectivity index (χ3v) is 1.20. The minimum atomic E-state index is -4.42. The summed E-state index contributed by atoms with van der Waals surface area (Å²) in [6, 6.07) is 0. The van der Waals surface area contributed by atoms with Crippen LogP contribution in [-0.4, -0.2) is 24.4 Å². The minimum absolute atomic E-state index is 0.184. The first kappa shape index (κ1) is 11.9. The smallest absolute Gasteiger partial charge is 0.347 e. The summed E-state index contributed by atoms with van der Waals surface area (Å²) in [6.45, 7) is 1.75. The molecule has 0 heterocycles. The molecule has 0 fully saturated rings. The van der Waals surface area contributed by atoms with E-state index in [4.69, 9.17) is 0 Å². The number of hydrogen-bond donors (Lipinski definition) is 0. The number of esters is 1. The lowest BCUT2D eigenvalue weighted by Crippen LogP contribution is -2.43. The Morgan fingerprint density at radius 2 is 1.92 bits per heavy atom. The number of carbonyl (C=O) groups is 1. The largest absolute Gasteiger partial charge is 0.459 e. The van der Waals surface area contributed by atoms with E-state index in [1.807, 2.05) is 0 Å². The molecule has 0 aliphatic heterocycles. The van der Waals surface area contributed by atoms with Crippen molar-refractivity contribution in [3.05, 3.63) is 12.7 Å². The molecule has 0 saturated carbocycles. The van der Waals surface area contributed by atoms with Crippen LogP contribution in [0.3, 0.4) is 0 Å². The maximum absolute atomic E-state index is 12.5. The van der Waals surface area contributed by atoms with Crippen LogP contribution in [0.5, 0.6) is 0 Å². The Kier molecular flexibility index (Phi) is 3.45. The van der Waals surface area contributed by atoms with E-state index in [0.717, 1.165) is 6.92 Å². The Bertz CT molecular complexity index is 213. The van der Waals surface area contributed by atoms with Crippen molar-refractivity contribution in [1.29, 1.82) is 0 Å². The zero-order chi connectivity index (χ0) is 10.7. The predicted molar refractivity (Wildman–Crippen MR) is 36.7 cm³/mol. The summed E-state index contributed by atoms with van der Waals surface area (Å²) >= 11 is 0. The standard InChI is InChI=1S/C7H8F4O2/c1-3-6(8,9)7(10,11)4-13-5(2)12/h3H,1,4H2,2H3. The third kappa shape index (κ3) is 3.04. The minimum Gasteiger partial charge on any atom is -0.459 e. The summed E-state index contributed by atoms with van der Waals surface area (Å²) in [6.07, 6.45) is -0.184. The Morgan fingerprint density at radius 3 is 2.23 bits per heavy atom. The fraction of sp³-hybridized carbons (Fsp3) is 0.571. The number of allylic oxidation sites excluding steroid dienone is 1. The third-order valence-electron chi connectivity index (χ3n) is 1.20. The molecular weight excluding hydrogens is 192 g/mol. The van der Waals surface area contributed by atoms with E-state index in [-0.39, 0.29) is 6.08 Å². The lowest BCUT2D eigenvalue weighted by molar-refractivity contribution is -0.208. The van der Waals surface area contributed by atoms with Crippen LogP contribution in [0, 0.1) is 0 Å². The van der Waals surface area contributed by atoms with Crippen LogP contribution >= 0.6 is 0 Å². The van der Waals surface area contributed by atoms with Gasteiger partial charge in [-0.15, -0.1) is 0 Å². The average molecular weight is 200 g/mol. The van der Waals surface area contributed by atoms with Gasteiger partial charge in [0, 0.05) is 6.92 Å². The van der Waals surface area contributed by atoms with E-state index in [1.54, 1.807) is 0 Å². The van der Waals surface area contributed by atoms with Gasteiger partial charge in [0.15, 0.2) is 6.61 Å². The van der Waals surface area contributed by atoms with Gasteiger partial charge in [0.05, 0.1) is 0 Å². The molecule has 0 amide bonds. The predicted octanol–water partition coefficient (Wildman–Crippen LogP) is 2.01. The number of alkyl halides is 4. The molecule has 0 aliphatic carbocycles. The van der Waals surface area contributed by atoms with Crippen LogP contribution in [0.25, 0.3) is 0 Å². The molecule has 6 heteroatoms. The molecule has 13 heavy (non-hydrogen) atoms. The molecule has 0 spiro atoms. The molecule has 0 radical (unpaired) electrons. The molecule has 0 unspecified atom stereocenters. The Hall–Kier alpha value is -1.07. The van der Waals surface area contributed by atoms with E-state index in [9.17, 15) is 22.4 Å². The summed E-state index contributed by atoms with van der Waals surface area (Å²) in [5, 5.41) is 0. The van der Waals surface area contributed by atoms with Crippen molar-refractivity contribution in [3.8, 4) is 0 Å². The molecule has 0 aromatic heterocycles. The lowest BCUT2D eigenvalue weighted by atomic mass is 10.2. The van der Waals surface area contributed by atoms with Crippen LogP contribution in [0.2, 0.25) is 0 Å². The van der Waals surface area contributed by atoms with Gasteiger partial charge in [-0.2, -0.15) is 17.6 Å². The van der Waals surface area contributed by atoms with E-state index < -0.39 is 24.4 Å². The van der Waals surface area contributed by atoms with Crippen molar-refractivity contribution >= 4 is 5.97 Å². The highest BCUT2D eigenvalue weighted by molar-refractivity contribution is 5.65. The van der Waals surface area contributed by atoms with Gasteiger partial charge >= 0.3 is 17.8 Å². The molecule has 0 saturated heterocycles. The molecule has 0 aromatic rings. The van der Waals surface area contributed by atoms with Gasteiger partial charge in [0.25, 0.3) is 0 Å². The number of hydrogen-bond acceptors (Lipinski definition) is 2. The average Bonchev–Trinajstić information content (AvgIpc) is 2.01. The normalized spacial score (nSPS) is 12.4. The van der Waals surface area contributed by atoms with Crippen LogP contribution in [-0.2, 0) is 9.53 Å². The zero-order valence-corrected chi connectivity index (χ0v) is 6.82. The maximum Gasteiger partial charge on any atom is 0.347 e. The quantitative estimate of drug-likeness (QED) is 0.394. The van der Waals surface area contributed by atoms with Gasteiger partial charge in [0.1, 0.15) is 0 Å². The molecular formula is C7H8F4O2. The monoisotopic (exact) mass is 200 g/mol. The van der Waals surface area contributed by atoms with Gasteiger partial charge in [-0.25, -0.2) is 0 Å². The van der Waals surface area contributed by atoms with E-state index in [2.05, 4.69) is 11.3 Å². The van der Waals surface area contributed by atoms with Crippen LogP contribution < -0.4 is 0 Å². The molecule has 0 atom stereocenters. The SMILES string of the molecule is C=CC(F)(F)C(F)(F)COC(C)=O. The fourth-order valence-corrected chi connectivity index (χ4v) is 0.438. The number of ether oxygens (including phenoxy) is 1. The first-order chi connectivity index (χ1) is 5.73. The van der Waals surface area contributed by atoms with Gasteiger partial charge in [0.2, 0.25) is 0 Å². The number of carbonyl (C=O) groups excluding carboxylic acids is 1. The van der Waals surface area contributed by atoms with Crippen LogP contribution in [0.4, 0.5) is 17.6 Å². The molecule has 2 nitrogen and oxygen atoms in total. The second-order valence-electron chi connectivity index (χ2n) is 2.31. The van der Waals surface area contributed by atoms with Crippen molar-refractivity contribution in [2.75, 3.05) is 6.61 Å². The lowest BCUT2D eigenvalue weighted by Gasteiger charge is -2.22. The topological polar surface area (TPSA) is 26.3 Å². The highest BCUT2D eigenvalue weighted by Gasteiger charge is 2.54. The first-order valence-corrected chi connectivity index (χ1v) is 3.25. The summed E-state index contributed by atoms with van der Waals surface area (Å²) < 4.78 is 53.3. The first-order valence-electron chi connectivity index (χ1n) is 3.25. The summed E-state index contributed by atoms with van der Waals surface area (Å²) in [4.78, 5) is 10.1. The van der Waals surface area contributed by atoms with Gasteiger partial charge in [-0.3, -0.25) is 4.79 Å². The molecule has 0 bridgehead atoms.